The Morgan fingerprint density at radius 3 is 1.78 bits per heavy atom. The molecule has 8 heterocycles. The van der Waals surface area contributed by atoms with E-state index >= 15 is 0 Å². The fourth-order valence-electron chi connectivity index (χ4n) is 7.32. The summed E-state index contributed by atoms with van der Waals surface area (Å²) in [6.45, 7) is 6.80. The lowest BCUT2D eigenvalue weighted by Gasteiger charge is -2.24. The zero-order valence-corrected chi connectivity index (χ0v) is 31.2. The quantitative estimate of drug-likeness (QED) is 0.144. The number of benzene rings is 1. The average Bonchev–Trinajstić information content (AvgIpc) is 4.03. The SMILES string of the molecule is C[Si](C)(C)C#Cc1ccc(/C2=C3\C=CC(N3)C(c3ccncc3)C3=N/C(=C(/c4ccncc4)c4ccc([nH]4)/C(c4ccncc4)=C4/C=CC2=N4)C=C3)cc1. The van der Waals surface area contributed by atoms with E-state index in [1.807, 2.05) is 61.4 Å². The Labute approximate surface area is 316 Å². The molecule has 0 spiro atoms. The van der Waals surface area contributed by atoms with Gasteiger partial charge in [-0.3, -0.25) is 19.9 Å². The number of pyridine rings is 3. The van der Waals surface area contributed by atoms with E-state index in [1.54, 1.807) is 0 Å². The highest BCUT2D eigenvalue weighted by Gasteiger charge is 2.32. The van der Waals surface area contributed by atoms with Gasteiger partial charge in [0.2, 0.25) is 0 Å². The molecule has 0 amide bonds. The second kappa shape index (κ2) is 13.7. The number of H-pyrrole nitrogens is 1. The van der Waals surface area contributed by atoms with Crippen molar-refractivity contribution < 1.29 is 0 Å². The van der Waals surface area contributed by atoms with Crippen LogP contribution in [-0.2, 0) is 0 Å². The van der Waals surface area contributed by atoms with E-state index in [4.69, 9.17) is 9.98 Å². The van der Waals surface area contributed by atoms with Crippen molar-refractivity contribution in [2.24, 2.45) is 9.98 Å². The van der Waals surface area contributed by atoms with Gasteiger partial charge in [-0.2, -0.15) is 0 Å². The first kappa shape index (κ1) is 33.2. The lowest BCUT2D eigenvalue weighted by Crippen LogP contribution is -2.33. The Bertz CT molecular complexity index is 2590. The topological polar surface area (TPSA) is 91.2 Å². The fraction of sp³-hybridized carbons (Fsp3) is 0.109. The van der Waals surface area contributed by atoms with Gasteiger partial charge >= 0.3 is 0 Å². The lowest BCUT2D eigenvalue weighted by molar-refractivity contribution is 0.665. The van der Waals surface area contributed by atoms with Crippen LogP contribution in [0.3, 0.4) is 0 Å². The van der Waals surface area contributed by atoms with Crippen LogP contribution in [0.1, 0.15) is 45.1 Å². The number of aromatic amines is 1. The number of hydrogen-bond donors (Lipinski definition) is 2. The monoisotopic (exact) mass is 715 g/mol. The Hall–Kier alpha value is -6.69. The summed E-state index contributed by atoms with van der Waals surface area (Å²) in [5, 5.41) is 3.92. The van der Waals surface area contributed by atoms with E-state index in [-0.39, 0.29) is 12.0 Å². The number of rotatable bonds is 4. The van der Waals surface area contributed by atoms with E-state index in [1.165, 1.54) is 0 Å². The molecule has 0 aliphatic carbocycles. The number of aromatic nitrogens is 4. The lowest BCUT2D eigenvalue weighted by atomic mass is 9.88. The first-order valence-electron chi connectivity index (χ1n) is 18.1. The van der Waals surface area contributed by atoms with Crippen molar-refractivity contribution in [3.8, 4) is 11.5 Å². The van der Waals surface area contributed by atoms with Crippen LogP contribution in [-0.4, -0.2) is 45.5 Å². The summed E-state index contributed by atoms with van der Waals surface area (Å²) in [5.74, 6) is 3.33. The molecular formula is C46H37N7Si. The van der Waals surface area contributed by atoms with Crippen molar-refractivity contribution in [3.63, 3.8) is 0 Å². The largest absolute Gasteiger partial charge is 0.377 e. The van der Waals surface area contributed by atoms with E-state index in [9.17, 15) is 0 Å². The molecule has 9 rings (SSSR count). The number of nitrogens with zero attached hydrogens (tertiary/aromatic N) is 5. The van der Waals surface area contributed by atoms with Crippen LogP contribution in [0.2, 0.25) is 19.6 Å². The number of aliphatic imine (C=N–C) groups is 2. The van der Waals surface area contributed by atoms with Crippen molar-refractivity contribution in [1.29, 1.82) is 0 Å². The highest BCUT2D eigenvalue weighted by atomic mass is 28.3. The van der Waals surface area contributed by atoms with Gasteiger partial charge in [0, 0.05) is 76.5 Å². The van der Waals surface area contributed by atoms with Gasteiger partial charge < -0.3 is 10.3 Å². The minimum atomic E-state index is -1.52. The average molecular weight is 716 g/mol. The van der Waals surface area contributed by atoms with Crippen molar-refractivity contribution in [3.05, 3.63) is 203 Å². The Morgan fingerprint density at radius 2 is 1.15 bits per heavy atom. The second-order valence-electron chi connectivity index (χ2n) is 14.6. The summed E-state index contributed by atoms with van der Waals surface area (Å²) in [6.07, 6.45) is 24.0. The smallest absolute Gasteiger partial charge is 0.129 e. The third-order valence-electron chi connectivity index (χ3n) is 9.79. The summed E-state index contributed by atoms with van der Waals surface area (Å²) >= 11 is 0. The molecule has 8 heteroatoms. The molecule has 260 valence electrons. The fourth-order valence-corrected chi connectivity index (χ4v) is 7.84. The van der Waals surface area contributed by atoms with Crippen LogP contribution in [0.4, 0.5) is 0 Å². The molecule has 4 aromatic heterocycles. The van der Waals surface area contributed by atoms with E-state index in [0.29, 0.717) is 0 Å². The van der Waals surface area contributed by atoms with Crippen molar-refractivity contribution in [2.45, 2.75) is 31.6 Å². The van der Waals surface area contributed by atoms with Gasteiger partial charge in [-0.25, -0.2) is 4.99 Å². The van der Waals surface area contributed by atoms with E-state index in [2.05, 4.69) is 141 Å². The third-order valence-corrected chi connectivity index (χ3v) is 10.7. The first-order valence-corrected chi connectivity index (χ1v) is 21.6. The summed E-state index contributed by atoms with van der Waals surface area (Å²) < 4.78 is 0. The predicted octanol–water partition coefficient (Wildman–Crippen LogP) is 8.71. The molecular weight excluding hydrogens is 679 g/mol. The van der Waals surface area contributed by atoms with Crippen LogP contribution in [0.25, 0.3) is 16.7 Å². The molecule has 4 aliphatic heterocycles. The zero-order valence-electron chi connectivity index (χ0n) is 30.2. The molecule has 1 aromatic carbocycles. The molecule has 5 aromatic rings. The van der Waals surface area contributed by atoms with Gasteiger partial charge in [0.05, 0.1) is 34.8 Å². The molecule has 0 radical (unpaired) electrons. The molecule has 8 bridgehead atoms. The first-order chi connectivity index (χ1) is 26.4. The predicted molar refractivity (Wildman–Crippen MR) is 221 cm³/mol. The van der Waals surface area contributed by atoms with E-state index in [0.717, 1.165) is 84.4 Å². The molecule has 2 N–H and O–H groups in total. The van der Waals surface area contributed by atoms with Gasteiger partial charge in [0.15, 0.2) is 0 Å². The standard InChI is InChI=1S/C46H37N7Si/c1-54(2,3)29-22-30-4-6-31(7-5-30)43-35-8-10-37(50-35)44(32-16-23-47-24-17-32)39-12-14-41(52-39)46(34-20-27-49-28-21-34)42-15-13-40(53-42)45(33-18-25-48-26-19-33)38-11-9-36(43)51-38/h4-21,23-28,37,44,50,53H,1-3H3/b43-35-,45-38-,46-41-. The number of fused-ring (bicyclic) bond motifs is 6. The zero-order chi connectivity index (χ0) is 36.6. The maximum atomic E-state index is 5.40. The van der Waals surface area contributed by atoms with Crippen molar-refractivity contribution in [1.82, 2.24) is 25.3 Å². The number of hydrogen-bond acceptors (Lipinski definition) is 6. The molecule has 0 saturated heterocycles. The van der Waals surface area contributed by atoms with Crippen LogP contribution < -0.4 is 5.32 Å². The van der Waals surface area contributed by atoms with Gasteiger partial charge in [-0.1, -0.05) is 43.8 Å². The van der Waals surface area contributed by atoms with Gasteiger partial charge in [-0.15, -0.1) is 5.54 Å². The molecule has 2 atom stereocenters. The van der Waals surface area contributed by atoms with Crippen molar-refractivity contribution in [2.75, 3.05) is 0 Å². The van der Waals surface area contributed by atoms with Crippen molar-refractivity contribution >= 4 is 36.2 Å². The molecule has 7 nitrogen and oxygen atoms in total. The summed E-state index contributed by atoms with van der Waals surface area (Å²) in [6, 6.07) is 25.1. The Morgan fingerprint density at radius 1 is 0.574 bits per heavy atom. The van der Waals surface area contributed by atoms with Crippen LogP contribution in [0.15, 0.2) is 174 Å². The highest BCUT2D eigenvalue weighted by Crippen LogP contribution is 2.39. The minimum absolute atomic E-state index is 0.0789. The Kier molecular flexibility index (Phi) is 8.41. The molecule has 54 heavy (non-hydrogen) atoms. The van der Waals surface area contributed by atoms with Gasteiger partial charge in [0.1, 0.15) is 8.07 Å². The molecule has 0 saturated carbocycles. The van der Waals surface area contributed by atoms with Gasteiger partial charge in [-0.05, 0) is 113 Å². The van der Waals surface area contributed by atoms with E-state index < -0.39 is 8.07 Å². The molecule has 4 aliphatic rings. The highest BCUT2D eigenvalue weighted by molar-refractivity contribution is 6.83. The summed E-state index contributed by atoms with van der Waals surface area (Å²) in [5.41, 5.74) is 18.2. The third kappa shape index (κ3) is 6.46. The number of nitrogens with one attached hydrogen (secondary N) is 2. The van der Waals surface area contributed by atoms with Crippen LogP contribution in [0, 0.1) is 11.5 Å². The minimum Gasteiger partial charge on any atom is -0.377 e. The summed E-state index contributed by atoms with van der Waals surface area (Å²) in [4.78, 5) is 27.6. The maximum Gasteiger partial charge on any atom is 0.129 e. The number of allylic oxidation sites excluding steroid dienone is 6. The maximum absolute atomic E-state index is 5.40. The van der Waals surface area contributed by atoms with Crippen LogP contribution in [0.5, 0.6) is 0 Å². The molecule has 2 unspecified atom stereocenters. The molecule has 0 fully saturated rings. The normalized spacial score (nSPS) is 22.8. The second-order valence-corrected chi connectivity index (χ2v) is 19.4. The Balaban J connectivity index is 1.28. The van der Waals surface area contributed by atoms with Gasteiger partial charge in [0.25, 0.3) is 0 Å². The van der Waals surface area contributed by atoms with Crippen LogP contribution >= 0.6 is 0 Å². The summed E-state index contributed by atoms with van der Waals surface area (Å²) in [7, 11) is -1.52.